The molecule has 2 N–H and O–H groups in total. The van der Waals surface area contributed by atoms with Crippen molar-refractivity contribution in [3.05, 3.63) is 0 Å². The summed E-state index contributed by atoms with van der Waals surface area (Å²) in [5.74, 6) is 0. The normalized spacial score (nSPS) is 13.7. The van der Waals surface area contributed by atoms with Crippen molar-refractivity contribution < 1.29 is 8.85 Å². The van der Waals surface area contributed by atoms with Crippen LogP contribution in [0.1, 0.15) is 20.3 Å². The first-order valence-electron chi connectivity index (χ1n) is 3.30. The van der Waals surface area contributed by atoms with E-state index in [9.17, 15) is 0 Å². The summed E-state index contributed by atoms with van der Waals surface area (Å²) < 4.78 is 10.2. The van der Waals surface area contributed by atoms with Crippen LogP contribution in [-0.4, -0.2) is 22.7 Å². The van der Waals surface area contributed by atoms with Gasteiger partial charge in [-0.3, -0.25) is 0 Å². The van der Waals surface area contributed by atoms with Gasteiger partial charge in [0.05, 0.1) is 0 Å². The largest absolute Gasteiger partial charge is 0.405 e. The van der Waals surface area contributed by atoms with Crippen molar-refractivity contribution in [2.75, 3.05) is 13.2 Å². The molecule has 1 unspecified atom stereocenters. The van der Waals surface area contributed by atoms with Gasteiger partial charge in [-0.1, -0.05) is 6.92 Å². The summed E-state index contributed by atoms with van der Waals surface area (Å²) in [6.07, 6.45) is 1.01. The minimum absolute atomic E-state index is 0.664. The van der Waals surface area contributed by atoms with Crippen LogP contribution < -0.4 is 5.40 Å². The standard InChI is InChI=1S/C5H15NO2Si/c1-3-5-8-9(6)7-4-2/h9H,3-6H2,1-2H3. The summed E-state index contributed by atoms with van der Waals surface area (Å²) in [6.45, 7) is 5.36. The summed E-state index contributed by atoms with van der Waals surface area (Å²) in [7, 11) is -1.72. The molecule has 56 valence electrons. The van der Waals surface area contributed by atoms with Gasteiger partial charge in [0.1, 0.15) is 0 Å². The highest BCUT2D eigenvalue weighted by Crippen LogP contribution is 1.83. The van der Waals surface area contributed by atoms with Crippen LogP contribution in [0.3, 0.4) is 0 Å². The fourth-order valence-corrected chi connectivity index (χ4v) is 1.34. The Hall–Kier alpha value is 0.0969. The molecule has 0 aromatic carbocycles. The van der Waals surface area contributed by atoms with E-state index in [2.05, 4.69) is 0 Å². The molecule has 0 aliphatic heterocycles. The Bertz CT molecular complexity index is 62.9. The topological polar surface area (TPSA) is 44.5 Å². The fraction of sp³-hybridized carbons (Fsp3) is 1.00. The molecule has 0 bridgehead atoms. The molecule has 3 nitrogen and oxygen atoms in total. The Morgan fingerprint density at radius 3 is 2.44 bits per heavy atom. The minimum atomic E-state index is -1.72. The highest BCUT2D eigenvalue weighted by atomic mass is 28.3. The summed E-state index contributed by atoms with van der Waals surface area (Å²) in [5.41, 5.74) is 0. The molecule has 0 amide bonds. The van der Waals surface area contributed by atoms with E-state index in [1.807, 2.05) is 13.8 Å². The number of nitrogens with two attached hydrogens (primary N) is 1. The molecule has 0 fully saturated rings. The molecule has 1 atom stereocenters. The van der Waals surface area contributed by atoms with Gasteiger partial charge in [-0.15, -0.1) is 0 Å². The van der Waals surface area contributed by atoms with Crippen LogP contribution in [0, 0.1) is 0 Å². The Morgan fingerprint density at radius 2 is 2.00 bits per heavy atom. The first kappa shape index (κ1) is 9.10. The van der Waals surface area contributed by atoms with E-state index in [4.69, 9.17) is 14.3 Å². The molecule has 0 aromatic rings. The molecule has 0 saturated carbocycles. The SMILES string of the molecule is CCCO[SiH](N)OCC. The first-order valence-corrected chi connectivity index (χ1v) is 4.91. The zero-order valence-electron chi connectivity index (χ0n) is 6.09. The second-order valence-corrected chi connectivity index (χ2v) is 3.10. The molecule has 9 heavy (non-hydrogen) atoms. The monoisotopic (exact) mass is 149 g/mol. The van der Waals surface area contributed by atoms with Crippen molar-refractivity contribution in [1.82, 2.24) is 0 Å². The second-order valence-electron chi connectivity index (χ2n) is 1.69. The molecule has 0 aromatic heterocycles. The Balaban J connectivity index is 2.95. The zero-order valence-corrected chi connectivity index (χ0v) is 7.25. The van der Waals surface area contributed by atoms with Crippen LogP contribution in [0.25, 0.3) is 0 Å². The third kappa shape index (κ3) is 5.98. The van der Waals surface area contributed by atoms with E-state index >= 15 is 0 Å². The van der Waals surface area contributed by atoms with Crippen molar-refractivity contribution in [1.29, 1.82) is 0 Å². The van der Waals surface area contributed by atoms with Crippen LogP contribution in [0.4, 0.5) is 0 Å². The van der Waals surface area contributed by atoms with E-state index < -0.39 is 9.45 Å². The van der Waals surface area contributed by atoms with Crippen molar-refractivity contribution >= 4 is 9.45 Å². The molecular formula is C5H15NO2Si. The number of rotatable bonds is 5. The molecular weight excluding hydrogens is 134 g/mol. The fourth-order valence-electron chi connectivity index (χ4n) is 0.446. The molecule has 0 spiro atoms. The first-order chi connectivity index (χ1) is 4.31. The Labute approximate surface area is 58.1 Å². The molecule has 0 aliphatic carbocycles. The van der Waals surface area contributed by atoms with Crippen LogP contribution >= 0.6 is 0 Å². The average Bonchev–Trinajstić information content (AvgIpc) is 1.85. The lowest BCUT2D eigenvalue weighted by Gasteiger charge is -2.08. The Morgan fingerprint density at radius 1 is 1.33 bits per heavy atom. The number of hydrogen-bond acceptors (Lipinski definition) is 3. The maximum Gasteiger partial charge on any atom is 0.405 e. The Kier molecular flexibility index (Phi) is 6.29. The van der Waals surface area contributed by atoms with Gasteiger partial charge in [0, 0.05) is 13.2 Å². The predicted molar refractivity (Wildman–Crippen MR) is 39.2 cm³/mol. The number of hydrogen-bond donors (Lipinski definition) is 1. The minimum Gasteiger partial charge on any atom is -0.385 e. The van der Waals surface area contributed by atoms with Crippen LogP contribution in [-0.2, 0) is 8.85 Å². The highest BCUT2D eigenvalue weighted by Gasteiger charge is 2.02. The van der Waals surface area contributed by atoms with Crippen LogP contribution in [0.15, 0.2) is 0 Å². The maximum atomic E-state index is 5.46. The lowest BCUT2D eigenvalue weighted by molar-refractivity contribution is 0.206. The van der Waals surface area contributed by atoms with E-state index in [0.717, 1.165) is 13.0 Å². The van der Waals surface area contributed by atoms with E-state index in [-0.39, 0.29) is 0 Å². The summed E-state index contributed by atoms with van der Waals surface area (Å²) in [5, 5.41) is 5.46. The third-order valence-corrected chi connectivity index (χ3v) is 2.04. The van der Waals surface area contributed by atoms with Gasteiger partial charge in [-0.05, 0) is 13.3 Å². The van der Waals surface area contributed by atoms with E-state index in [0.29, 0.717) is 6.61 Å². The second kappa shape index (κ2) is 6.22. The van der Waals surface area contributed by atoms with Crippen molar-refractivity contribution in [2.45, 2.75) is 20.3 Å². The van der Waals surface area contributed by atoms with Crippen molar-refractivity contribution in [3.63, 3.8) is 0 Å². The van der Waals surface area contributed by atoms with Crippen molar-refractivity contribution in [3.8, 4) is 0 Å². The molecule has 0 rings (SSSR count). The van der Waals surface area contributed by atoms with E-state index in [1.54, 1.807) is 0 Å². The molecule has 0 heterocycles. The smallest absolute Gasteiger partial charge is 0.385 e. The van der Waals surface area contributed by atoms with Gasteiger partial charge in [0.15, 0.2) is 0 Å². The van der Waals surface area contributed by atoms with Crippen molar-refractivity contribution in [2.24, 2.45) is 5.40 Å². The van der Waals surface area contributed by atoms with Gasteiger partial charge >= 0.3 is 9.45 Å². The van der Waals surface area contributed by atoms with Gasteiger partial charge in [0.2, 0.25) is 0 Å². The van der Waals surface area contributed by atoms with Gasteiger partial charge in [0.25, 0.3) is 0 Å². The highest BCUT2D eigenvalue weighted by molar-refractivity contribution is 6.40. The lowest BCUT2D eigenvalue weighted by Crippen LogP contribution is -2.33. The summed E-state index contributed by atoms with van der Waals surface area (Å²) in [6, 6.07) is 0. The molecule has 4 heteroatoms. The zero-order chi connectivity index (χ0) is 7.11. The molecule has 0 aliphatic rings. The quantitative estimate of drug-likeness (QED) is 0.565. The predicted octanol–water partition coefficient (Wildman–Crippen LogP) is 0.125. The van der Waals surface area contributed by atoms with Gasteiger partial charge in [-0.2, -0.15) is 0 Å². The summed E-state index contributed by atoms with van der Waals surface area (Å²) in [4.78, 5) is 0. The van der Waals surface area contributed by atoms with E-state index in [1.165, 1.54) is 0 Å². The molecule has 0 radical (unpaired) electrons. The lowest BCUT2D eigenvalue weighted by atomic mass is 10.5. The average molecular weight is 149 g/mol. The van der Waals surface area contributed by atoms with Crippen LogP contribution in [0.5, 0.6) is 0 Å². The van der Waals surface area contributed by atoms with Gasteiger partial charge in [-0.25, -0.2) is 0 Å². The van der Waals surface area contributed by atoms with Gasteiger partial charge < -0.3 is 14.3 Å². The van der Waals surface area contributed by atoms with Crippen LogP contribution in [0.2, 0.25) is 0 Å². The third-order valence-electron chi connectivity index (χ3n) is 0.817. The molecule has 0 saturated heterocycles. The maximum absolute atomic E-state index is 5.46. The summed E-state index contributed by atoms with van der Waals surface area (Å²) >= 11 is 0.